The number of fused-ring (bicyclic) bond motifs is 1. The Morgan fingerprint density at radius 1 is 0.642 bits per heavy atom. The molecule has 53 heavy (non-hydrogen) atoms. The first-order valence-electron chi connectivity index (χ1n) is 16.4. The fourth-order valence-corrected chi connectivity index (χ4v) is 6.25. The summed E-state index contributed by atoms with van der Waals surface area (Å²) in [6.45, 7) is 2.05. The van der Waals surface area contributed by atoms with Gasteiger partial charge in [-0.05, 0) is 32.0 Å². The number of rotatable bonds is 8. The summed E-state index contributed by atoms with van der Waals surface area (Å²) < 4.78 is 40.1. The van der Waals surface area contributed by atoms with E-state index in [1.165, 1.54) is 19.9 Å². The molecule has 3 aliphatic rings. The molecule has 4 heterocycles. The molecule has 15 atom stereocenters. The maximum absolute atomic E-state index is 14.0. The van der Waals surface area contributed by atoms with Crippen molar-refractivity contribution in [3.8, 4) is 40.1 Å². The number of hydrogen-bond acceptors (Lipinski definition) is 20. The Morgan fingerprint density at radius 3 is 1.91 bits per heavy atom. The average molecular weight is 757 g/mol. The molecule has 12 N–H and O–H groups in total. The first kappa shape index (κ1) is 38.8. The topological polar surface area (TPSA) is 328 Å². The number of hydrogen-bond donors (Lipinski definition) is 12. The Balaban J connectivity index is 1.40. The Morgan fingerprint density at radius 2 is 1.26 bits per heavy atom. The second-order valence-electron chi connectivity index (χ2n) is 13.1. The van der Waals surface area contributed by atoms with E-state index in [0.717, 1.165) is 24.3 Å². The number of phenolic OH excluding ortho intramolecular Hbond substituents is 4. The van der Waals surface area contributed by atoms with Crippen LogP contribution in [0.2, 0.25) is 0 Å². The van der Waals surface area contributed by atoms with E-state index in [9.17, 15) is 66.1 Å². The van der Waals surface area contributed by atoms with Crippen LogP contribution < -0.4 is 10.2 Å². The second kappa shape index (κ2) is 15.1. The van der Waals surface area contributed by atoms with Crippen molar-refractivity contribution in [1.29, 1.82) is 0 Å². The number of aliphatic hydroxyl groups is 8. The minimum Gasteiger partial charge on any atom is -0.508 e. The van der Waals surface area contributed by atoms with Crippen LogP contribution in [-0.2, 0) is 23.7 Å². The van der Waals surface area contributed by atoms with Crippen LogP contribution in [0.3, 0.4) is 0 Å². The fraction of sp³-hybridized carbons (Fsp3) is 0.545. The zero-order chi connectivity index (χ0) is 38.6. The van der Waals surface area contributed by atoms with Crippen molar-refractivity contribution in [2.24, 2.45) is 0 Å². The summed E-state index contributed by atoms with van der Waals surface area (Å²) in [5.41, 5.74) is -1.54. The van der Waals surface area contributed by atoms with E-state index >= 15 is 0 Å². The molecule has 6 rings (SSSR count). The average Bonchev–Trinajstić information content (AvgIpc) is 3.11. The first-order valence-corrected chi connectivity index (χ1v) is 16.4. The molecule has 0 spiro atoms. The van der Waals surface area contributed by atoms with E-state index in [4.69, 9.17) is 32.8 Å². The maximum Gasteiger partial charge on any atom is 0.239 e. The molecule has 3 fully saturated rings. The van der Waals surface area contributed by atoms with Crippen LogP contribution in [0.25, 0.3) is 22.3 Å². The van der Waals surface area contributed by atoms with Gasteiger partial charge in [0.1, 0.15) is 77.4 Å². The van der Waals surface area contributed by atoms with Gasteiger partial charge in [-0.1, -0.05) is 0 Å². The van der Waals surface area contributed by atoms with Gasteiger partial charge in [-0.3, -0.25) is 4.79 Å². The molecule has 3 saturated heterocycles. The van der Waals surface area contributed by atoms with Gasteiger partial charge in [-0.15, -0.1) is 0 Å². The highest BCUT2D eigenvalue weighted by molar-refractivity contribution is 5.88. The van der Waals surface area contributed by atoms with Gasteiger partial charge in [-0.25, -0.2) is 0 Å². The van der Waals surface area contributed by atoms with Crippen LogP contribution in [-0.4, -0.2) is 160 Å². The van der Waals surface area contributed by atoms with Gasteiger partial charge in [-0.2, -0.15) is 0 Å². The van der Waals surface area contributed by atoms with Gasteiger partial charge < -0.3 is 94.1 Å². The summed E-state index contributed by atoms with van der Waals surface area (Å²) in [5.74, 6) is -3.68. The number of ether oxygens (including phenoxy) is 6. The molecule has 292 valence electrons. The van der Waals surface area contributed by atoms with E-state index in [1.54, 1.807) is 0 Å². The molecule has 0 amide bonds. The molecule has 0 unspecified atom stereocenters. The third kappa shape index (κ3) is 7.34. The van der Waals surface area contributed by atoms with Crippen LogP contribution in [0.5, 0.6) is 28.7 Å². The molecule has 0 bridgehead atoms. The molecule has 0 saturated carbocycles. The van der Waals surface area contributed by atoms with E-state index in [1.807, 2.05) is 0 Å². The highest BCUT2D eigenvalue weighted by Gasteiger charge is 2.52. The standard InChI is InChI=1S/C33H40O20/c1-9-19(38)23(42)26(45)31(48-9)47-8-17-21(40)25(44)30(53-32-27(46)24(43)20(39)10(2)49-32)33(51-17)52-29-22(41)18-15(37)6-12(34)7-16(18)50-28(29)11-3-4-13(35)14(36)5-11/h3-7,9-10,17,19-21,23-27,30-40,42-46H,8H2,1-2H3/t9-,10-,17-,19-,20+,21-,23-,24+,25+,26+,27-,30+,31-,32-,33-/m0/s1. The fourth-order valence-electron chi connectivity index (χ4n) is 6.25. The smallest absolute Gasteiger partial charge is 0.239 e. The van der Waals surface area contributed by atoms with Gasteiger partial charge in [0.05, 0.1) is 18.8 Å². The lowest BCUT2D eigenvalue weighted by Crippen LogP contribution is -2.65. The Bertz CT molecular complexity index is 1830. The van der Waals surface area contributed by atoms with Crippen LogP contribution in [0.15, 0.2) is 39.5 Å². The molecular weight excluding hydrogens is 716 g/mol. The summed E-state index contributed by atoms with van der Waals surface area (Å²) in [6.07, 6.45) is -25.1. The second-order valence-corrected chi connectivity index (χ2v) is 13.1. The zero-order valence-electron chi connectivity index (χ0n) is 27.9. The highest BCUT2D eigenvalue weighted by atomic mass is 16.8. The first-order chi connectivity index (χ1) is 25.0. The molecule has 2 aromatic carbocycles. The zero-order valence-corrected chi connectivity index (χ0v) is 27.9. The summed E-state index contributed by atoms with van der Waals surface area (Å²) in [4.78, 5) is 14.0. The summed E-state index contributed by atoms with van der Waals surface area (Å²) in [5, 5.41) is 125. The minimum absolute atomic E-state index is 0.0962. The lowest BCUT2D eigenvalue weighted by molar-refractivity contribution is -0.360. The van der Waals surface area contributed by atoms with Crippen LogP contribution in [0.1, 0.15) is 13.8 Å². The third-order valence-electron chi connectivity index (χ3n) is 9.37. The minimum atomic E-state index is -2.04. The maximum atomic E-state index is 14.0. The Labute approximate surface area is 298 Å². The molecular formula is C33H40O20. The Kier molecular flexibility index (Phi) is 11.1. The highest BCUT2D eigenvalue weighted by Crippen LogP contribution is 2.40. The summed E-state index contributed by atoms with van der Waals surface area (Å²) in [6, 6.07) is 5.09. The van der Waals surface area contributed by atoms with Gasteiger partial charge in [0.15, 0.2) is 35.9 Å². The predicted molar refractivity (Wildman–Crippen MR) is 171 cm³/mol. The van der Waals surface area contributed by atoms with Crippen molar-refractivity contribution in [3.05, 3.63) is 40.6 Å². The van der Waals surface area contributed by atoms with Crippen LogP contribution in [0.4, 0.5) is 0 Å². The summed E-state index contributed by atoms with van der Waals surface area (Å²) in [7, 11) is 0. The van der Waals surface area contributed by atoms with Crippen molar-refractivity contribution in [2.45, 2.75) is 106 Å². The van der Waals surface area contributed by atoms with Gasteiger partial charge in [0.25, 0.3) is 0 Å². The molecule has 1 aromatic heterocycles. The predicted octanol–water partition coefficient (Wildman–Crippen LogP) is -2.84. The normalized spacial score (nSPS) is 37.8. The lowest BCUT2D eigenvalue weighted by Gasteiger charge is -2.46. The monoisotopic (exact) mass is 756 g/mol. The van der Waals surface area contributed by atoms with E-state index in [-0.39, 0.29) is 11.1 Å². The SMILES string of the molecule is C[C@@H]1O[C@H](OC[C@@H]2O[C@@H](Oc3c(-c4ccc(O)c(O)c4)oc4cc(O)cc(O)c4c3=O)[C@H](O[C@@H]3O[C@@H](C)[C@@H](O)[C@@H](O)[C@@H]3O)[C@H](O)[C@H]2O)[C@H](O)[C@@H](O)[C@H]1O. The van der Waals surface area contributed by atoms with Gasteiger partial charge >= 0.3 is 0 Å². The number of aromatic hydroxyl groups is 4. The number of phenols is 4. The number of benzene rings is 2. The number of aliphatic hydroxyl groups excluding tert-OH is 8. The Hall–Kier alpha value is -3.87. The van der Waals surface area contributed by atoms with Gasteiger partial charge in [0.2, 0.25) is 17.5 Å². The van der Waals surface area contributed by atoms with E-state index in [2.05, 4.69) is 0 Å². The molecule has 0 radical (unpaired) electrons. The van der Waals surface area contributed by atoms with Crippen LogP contribution in [0, 0.1) is 0 Å². The van der Waals surface area contributed by atoms with Crippen molar-refractivity contribution in [2.75, 3.05) is 6.61 Å². The van der Waals surface area contributed by atoms with E-state index < -0.39 is 144 Å². The largest absolute Gasteiger partial charge is 0.508 e. The quantitative estimate of drug-likeness (QED) is 0.103. The molecule has 0 aliphatic carbocycles. The molecule has 20 nitrogen and oxygen atoms in total. The van der Waals surface area contributed by atoms with Crippen molar-refractivity contribution >= 4 is 11.0 Å². The molecule has 3 aliphatic heterocycles. The van der Waals surface area contributed by atoms with Gasteiger partial charge in [0, 0.05) is 17.7 Å². The lowest BCUT2D eigenvalue weighted by atomic mass is 9.97. The van der Waals surface area contributed by atoms with Crippen LogP contribution >= 0.6 is 0 Å². The molecule has 20 heteroatoms. The van der Waals surface area contributed by atoms with E-state index in [0.29, 0.717) is 0 Å². The molecule has 3 aromatic rings. The van der Waals surface area contributed by atoms with Crippen molar-refractivity contribution in [1.82, 2.24) is 0 Å². The van der Waals surface area contributed by atoms with Crippen molar-refractivity contribution in [3.63, 3.8) is 0 Å². The summed E-state index contributed by atoms with van der Waals surface area (Å²) >= 11 is 0. The third-order valence-corrected chi connectivity index (χ3v) is 9.37. The van der Waals surface area contributed by atoms with Crippen molar-refractivity contribution < 1.29 is 94.1 Å².